The molecule has 0 aromatic heterocycles. The third-order valence-corrected chi connectivity index (χ3v) is 2.00. The number of rotatable bonds is 4. The molecule has 0 unspecified atom stereocenters. The van der Waals surface area contributed by atoms with E-state index < -0.39 is 6.16 Å². The van der Waals surface area contributed by atoms with Gasteiger partial charge in [-0.3, -0.25) is 0 Å². The van der Waals surface area contributed by atoms with E-state index in [1.807, 2.05) is 6.92 Å². The summed E-state index contributed by atoms with van der Waals surface area (Å²) in [6.07, 6.45) is 5.03. The SMILES string of the molecule is CCC1CC1.CCCCOC(=O)O. The molecule has 1 rings (SSSR count). The molecular formula is C10H20O3. The van der Waals surface area contributed by atoms with Crippen LogP contribution in [0.5, 0.6) is 0 Å². The Bertz CT molecular complexity index is 130. The van der Waals surface area contributed by atoms with Gasteiger partial charge < -0.3 is 9.84 Å². The van der Waals surface area contributed by atoms with E-state index in [-0.39, 0.29) is 0 Å². The molecule has 1 aliphatic rings. The summed E-state index contributed by atoms with van der Waals surface area (Å²) in [6, 6.07) is 0. The third kappa shape index (κ3) is 11.3. The minimum Gasteiger partial charge on any atom is -0.450 e. The zero-order valence-corrected chi connectivity index (χ0v) is 8.58. The van der Waals surface area contributed by atoms with Gasteiger partial charge in [-0.15, -0.1) is 0 Å². The van der Waals surface area contributed by atoms with Gasteiger partial charge in [-0.05, 0) is 12.3 Å². The monoisotopic (exact) mass is 188 g/mol. The number of ether oxygens (including phenoxy) is 1. The van der Waals surface area contributed by atoms with Crippen LogP contribution in [0.3, 0.4) is 0 Å². The van der Waals surface area contributed by atoms with Gasteiger partial charge in [0.15, 0.2) is 0 Å². The van der Waals surface area contributed by atoms with Crippen LogP contribution in [0, 0.1) is 5.92 Å². The first-order chi connectivity index (χ1) is 6.20. The van der Waals surface area contributed by atoms with Crippen molar-refractivity contribution in [2.75, 3.05) is 6.61 Å². The second-order valence-corrected chi connectivity index (χ2v) is 3.32. The molecule has 0 spiro atoms. The maximum absolute atomic E-state index is 9.65. The average molecular weight is 188 g/mol. The molecule has 0 atom stereocenters. The zero-order chi connectivity index (χ0) is 10.1. The Kier molecular flexibility index (Phi) is 7.45. The third-order valence-electron chi connectivity index (χ3n) is 2.00. The summed E-state index contributed by atoms with van der Waals surface area (Å²) in [6.45, 7) is 4.56. The highest BCUT2D eigenvalue weighted by molar-refractivity contribution is 5.56. The normalized spacial score (nSPS) is 14.3. The van der Waals surface area contributed by atoms with E-state index in [1.165, 1.54) is 19.3 Å². The van der Waals surface area contributed by atoms with Crippen LogP contribution in [-0.2, 0) is 4.74 Å². The van der Waals surface area contributed by atoms with Crippen molar-refractivity contribution < 1.29 is 14.6 Å². The van der Waals surface area contributed by atoms with Gasteiger partial charge >= 0.3 is 6.16 Å². The Labute approximate surface area is 80.1 Å². The molecule has 1 saturated carbocycles. The molecule has 1 aliphatic carbocycles. The van der Waals surface area contributed by atoms with Crippen molar-refractivity contribution in [3.05, 3.63) is 0 Å². The predicted molar refractivity (Wildman–Crippen MR) is 51.9 cm³/mol. The minimum atomic E-state index is -1.18. The molecule has 0 amide bonds. The second kappa shape index (κ2) is 7.90. The molecule has 0 aliphatic heterocycles. The summed E-state index contributed by atoms with van der Waals surface area (Å²) in [5.41, 5.74) is 0. The Balaban J connectivity index is 0.000000243. The zero-order valence-electron chi connectivity index (χ0n) is 8.58. The van der Waals surface area contributed by atoms with Crippen LogP contribution in [0.25, 0.3) is 0 Å². The summed E-state index contributed by atoms with van der Waals surface area (Å²) < 4.78 is 4.20. The summed E-state index contributed by atoms with van der Waals surface area (Å²) in [4.78, 5) is 9.65. The Hall–Kier alpha value is -0.730. The molecule has 0 aromatic carbocycles. The highest BCUT2D eigenvalue weighted by atomic mass is 16.7. The van der Waals surface area contributed by atoms with E-state index in [4.69, 9.17) is 5.11 Å². The summed E-state index contributed by atoms with van der Waals surface area (Å²) >= 11 is 0. The van der Waals surface area contributed by atoms with Crippen molar-refractivity contribution in [2.45, 2.75) is 46.0 Å². The van der Waals surface area contributed by atoms with E-state index in [9.17, 15) is 4.79 Å². The summed E-state index contributed by atoms with van der Waals surface area (Å²) in [7, 11) is 0. The molecule has 0 bridgehead atoms. The highest BCUT2D eigenvalue weighted by Gasteiger charge is 2.17. The van der Waals surface area contributed by atoms with Crippen molar-refractivity contribution in [3.8, 4) is 0 Å². The van der Waals surface area contributed by atoms with E-state index in [1.54, 1.807) is 0 Å². The first-order valence-electron chi connectivity index (χ1n) is 5.06. The van der Waals surface area contributed by atoms with Crippen molar-refractivity contribution in [1.82, 2.24) is 0 Å². The lowest BCUT2D eigenvalue weighted by molar-refractivity contribution is 0.0905. The summed E-state index contributed by atoms with van der Waals surface area (Å²) in [5.74, 6) is 1.13. The number of unbranched alkanes of at least 4 members (excludes halogenated alkanes) is 1. The maximum Gasteiger partial charge on any atom is 0.505 e. The fourth-order valence-corrected chi connectivity index (χ4v) is 0.830. The van der Waals surface area contributed by atoms with Crippen molar-refractivity contribution in [2.24, 2.45) is 5.92 Å². The largest absolute Gasteiger partial charge is 0.505 e. The van der Waals surface area contributed by atoms with Crippen molar-refractivity contribution in [1.29, 1.82) is 0 Å². The molecule has 0 radical (unpaired) electrons. The first-order valence-corrected chi connectivity index (χ1v) is 5.06. The molecule has 1 fully saturated rings. The van der Waals surface area contributed by atoms with Crippen LogP contribution in [0.4, 0.5) is 4.79 Å². The van der Waals surface area contributed by atoms with E-state index >= 15 is 0 Å². The first kappa shape index (κ1) is 12.3. The number of carbonyl (C=O) groups is 1. The van der Waals surface area contributed by atoms with Gasteiger partial charge in [-0.1, -0.05) is 39.5 Å². The van der Waals surface area contributed by atoms with Gasteiger partial charge in [-0.25, -0.2) is 4.79 Å². The average Bonchev–Trinajstić information content (AvgIpc) is 2.88. The predicted octanol–water partition coefficient (Wildman–Crippen LogP) is 3.29. The minimum absolute atomic E-state index is 0.325. The second-order valence-electron chi connectivity index (χ2n) is 3.32. The van der Waals surface area contributed by atoms with Gasteiger partial charge in [0.1, 0.15) is 0 Å². The van der Waals surface area contributed by atoms with Crippen molar-refractivity contribution >= 4 is 6.16 Å². The van der Waals surface area contributed by atoms with E-state index in [0.717, 1.165) is 18.8 Å². The Morgan fingerprint density at radius 3 is 2.31 bits per heavy atom. The number of carboxylic acid groups (broad SMARTS) is 1. The quantitative estimate of drug-likeness (QED) is 0.544. The molecule has 3 nitrogen and oxygen atoms in total. The van der Waals surface area contributed by atoms with Gasteiger partial charge in [0.25, 0.3) is 0 Å². The fraction of sp³-hybridized carbons (Fsp3) is 0.900. The topological polar surface area (TPSA) is 46.5 Å². The van der Waals surface area contributed by atoms with Gasteiger partial charge in [0.05, 0.1) is 6.61 Å². The van der Waals surface area contributed by atoms with Gasteiger partial charge in [-0.2, -0.15) is 0 Å². The lowest BCUT2D eigenvalue weighted by Gasteiger charge is -1.94. The molecule has 0 aromatic rings. The lowest BCUT2D eigenvalue weighted by Crippen LogP contribution is -2.00. The van der Waals surface area contributed by atoms with Crippen molar-refractivity contribution in [3.63, 3.8) is 0 Å². The van der Waals surface area contributed by atoms with E-state index in [0.29, 0.717) is 6.61 Å². The highest BCUT2D eigenvalue weighted by Crippen LogP contribution is 2.31. The molecule has 0 heterocycles. The van der Waals surface area contributed by atoms with Crippen LogP contribution in [-0.4, -0.2) is 17.9 Å². The summed E-state index contributed by atoms with van der Waals surface area (Å²) in [5, 5.41) is 7.92. The smallest absolute Gasteiger partial charge is 0.450 e. The van der Waals surface area contributed by atoms with Gasteiger partial charge in [0.2, 0.25) is 0 Å². The molecule has 3 heteroatoms. The molecule has 0 saturated heterocycles. The maximum atomic E-state index is 9.65. The van der Waals surface area contributed by atoms with Crippen LogP contribution in [0.1, 0.15) is 46.0 Å². The molecule has 1 N–H and O–H groups in total. The Morgan fingerprint density at radius 1 is 1.46 bits per heavy atom. The number of hydrogen-bond donors (Lipinski definition) is 1. The standard InChI is InChI=1S/C5H10O3.C5H10/c1-2-3-4-8-5(6)7;1-2-5-3-4-5/h2-4H2,1H3,(H,6,7);5H,2-4H2,1H3. The molecule has 13 heavy (non-hydrogen) atoms. The van der Waals surface area contributed by atoms with Crippen LogP contribution in [0.15, 0.2) is 0 Å². The van der Waals surface area contributed by atoms with E-state index in [2.05, 4.69) is 11.7 Å². The molecular weight excluding hydrogens is 168 g/mol. The van der Waals surface area contributed by atoms with Crippen LogP contribution < -0.4 is 0 Å². The lowest BCUT2D eigenvalue weighted by atomic mass is 10.3. The van der Waals surface area contributed by atoms with Crippen LogP contribution in [0.2, 0.25) is 0 Å². The van der Waals surface area contributed by atoms with Gasteiger partial charge in [0, 0.05) is 0 Å². The fourth-order valence-electron chi connectivity index (χ4n) is 0.830. The molecule has 78 valence electrons. The van der Waals surface area contributed by atoms with Crippen LogP contribution >= 0.6 is 0 Å². The number of hydrogen-bond acceptors (Lipinski definition) is 2. The Morgan fingerprint density at radius 2 is 2.08 bits per heavy atom.